The zero-order valence-corrected chi connectivity index (χ0v) is 20.2. The van der Waals surface area contributed by atoms with Crippen LogP contribution in [0.2, 0.25) is 0 Å². The highest BCUT2D eigenvalue weighted by Crippen LogP contribution is 2.32. The molecule has 1 amide bonds. The number of ether oxygens (including phenoxy) is 2. The van der Waals surface area contributed by atoms with Crippen LogP contribution < -0.4 is 19.7 Å². The highest BCUT2D eigenvalue weighted by Gasteiger charge is 2.20. The number of anilines is 2. The van der Waals surface area contributed by atoms with Gasteiger partial charge < -0.3 is 24.6 Å². The highest BCUT2D eigenvalue weighted by molar-refractivity contribution is 5.98. The Labute approximate surface area is 196 Å². The summed E-state index contributed by atoms with van der Waals surface area (Å²) < 4.78 is 10.9. The van der Waals surface area contributed by atoms with Gasteiger partial charge in [0.1, 0.15) is 17.3 Å². The summed E-state index contributed by atoms with van der Waals surface area (Å²) in [6.45, 7) is 5.70. The van der Waals surface area contributed by atoms with E-state index < -0.39 is 0 Å². The molecule has 1 aliphatic rings. The second kappa shape index (κ2) is 12.4. The van der Waals surface area contributed by atoms with E-state index in [0.29, 0.717) is 11.4 Å². The van der Waals surface area contributed by atoms with E-state index in [1.54, 1.807) is 45.5 Å². The molecule has 1 aliphatic heterocycles. The fraction of sp³-hybridized carbons (Fsp3) is 0.478. The van der Waals surface area contributed by atoms with E-state index in [9.17, 15) is 4.79 Å². The first-order valence-corrected chi connectivity index (χ1v) is 10.6. The van der Waals surface area contributed by atoms with Crippen LogP contribution in [0.3, 0.4) is 0 Å². The van der Waals surface area contributed by atoms with Crippen molar-refractivity contribution in [3.63, 3.8) is 0 Å². The summed E-state index contributed by atoms with van der Waals surface area (Å²) in [6.07, 6.45) is 2.69. The number of methoxy groups -OCH3 is 2. The fourth-order valence-corrected chi connectivity index (χ4v) is 3.73. The van der Waals surface area contributed by atoms with Gasteiger partial charge in [0.2, 0.25) is 0 Å². The van der Waals surface area contributed by atoms with Gasteiger partial charge in [-0.2, -0.15) is 0 Å². The van der Waals surface area contributed by atoms with Crippen molar-refractivity contribution in [2.24, 2.45) is 0 Å². The van der Waals surface area contributed by atoms with Crippen molar-refractivity contribution in [3.05, 3.63) is 42.1 Å². The third-order valence-corrected chi connectivity index (χ3v) is 5.49. The van der Waals surface area contributed by atoms with E-state index >= 15 is 0 Å². The predicted octanol–water partition coefficient (Wildman–Crippen LogP) is 2.85. The third kappa shape index (κ3) is 6.40. The number of rotatable bonds is 9. The molecule has 0 unspecified atom stereocenters. The standard InChI is InChI=1S/C23H33N5O3.ClH/c1-26(2)23(29)19-7-5-10-24-22(19)25-11-6-12-27-13-15-28(16-14-27)20-9-8-18(30-3)17-21(20)31-4;/h5,7-10,17H,6,11-16H2,1-4H3,(H,24,25);1H. The zero-order chi connectivity index (χ0) is 22.2. The Kier molecular flexibility index (Phi) is 9.87. The van der Waals surface area contributed by atoms with E-state index in [0.717, 1.165) is 62.9 Å². The van der Waals surface area contributed by atoms with Crippen LogP contribution in [0.15, 0.2) is 36.5 Å². The van der Waals surface area contributed by atoms with Gasteiger partial charge in [0.15, 0.2) is 0 Å². The van der Waals surface area contributed by atoms with E-state index in [4.69, 9.17) is 9.47 Å². The van der Waals surface area contributed by atoms with Gasteiger partial charge in [0.05, 0.1) is 25.5 Å². The Hall–Kier alpha value is -2.71. The first-order chi connectivity index (χ1) is 15.0. The van der Waals surface area contributed by atoms with Crippen molar-refractivity contribution < 1.29 is 14.3 Å². The Morgan fingerprint density at radius 2 is 1.88 bits per heavy atom. The number of nitrogens with zero attached hydrogens (tertiary/aromatic N) is 4. The number of halogens is 1. The number of nitrogens with one attached hydrogen (secondary N) is 1. The van der Waals surface area contributed by atoms with Crippen LogP contribution in [-0.2, 0) is 0 Å². The number of pyridine rings is 1. The summed E-state index contributed by atoms with van der Waals surface area (Å²) in [6, 6.07) is 9.57. The van der Waals surface area contributed by atoms with Gasteiger partial charge in [0.25, 0.3) is 5.91 Å². The quantitative estimate of drug-likeness (QED) is 0.573. The lowest BCUT2D eigenvalue weighted by Crippen LogP contribution is -2.47. The van der Waals surface area contributed by atoms with Crippen LogP contribution in [0.4, 0.5) is 11.5 Å². The summed E-state index contributed by atoms with van der Waals surface area (Å²) in [4.78, 5) is 23.0. The summed E-state index contributed by atoms with van der Waals surface area (Å²) >= 11 is 0. The van der Waals surface area contributed by atoms with Gasteiger partial charge >= 0.3 is 0 Å². The number of aromatic nitrogens is 1. The fourth-order valence-electron chi connectivity index (χ4n) is 3.73. The molecule has 2 heterocycles. The number of hydrogen-bond acceptors (Lipinski definition) is 7. The molecular formula is C23H34ClN5O3. The normalized spacial score (nSPS) is 13.8. The van der Waals surface area contributed by atoms with E-state index in [-0.39, 0.29) is 18.3 Å². The van der Waals surface area contributed by atoms with Crippen molar-refractivity contribution in [1.29, 1.82) is 0 Å². The minimum Gasteiger partial charge on any atom is -0.497 e. The number of carbonyl (C=O) groups excluding carboxylic acids is 1. The molecule has 2 aromatic rings. The van der Waals surface area contributed by atoms with Crippen molar-refractivity contribution in [3.8, 4) is 11.5 Å². The Bertz CT molecular complexity index is 872. The minimum absolute atomic E-state index is 0. The molecule has 1 aromatic carbocycles. The lowest BCUT2D eigenvalue weighted by atomic mass is 10.2. The van der Waals surface area contributed by atoms with Crippen LogP contribution in [0.1, 0.15) is 16.8 Å². The zero-order valence-electron chi connectivity index (χ0n) is 19.3. The number of piperazine rings is 1. The van der Waals surface area contributed by atoms with Gasteiger partial charge in [0, 0.05) is 59.1 Å². The molecule has 8 nitrogen and oxygen atoms in total. The minimum atomic E-state index is -0.0410. The van der Waals surface area contributed by atoms with Crippen LogP contribution in [0.25, 0.3) is 0 Å². The molecule has 32 heavy (non-hydrogen) atoms. The van der Waals surface area contributed by atoms with E-state index in [2.05, 4.69) is 26.2 Å². The highest BCUT2D eigenvalue weighted by atomic mass is 35.5. The van der Waals surface area contributed by atoms with Crippen LogP contribution in [-0.4, -0.2) is 88.3 Å². The molecule has 0 radical (unpaired) electrons. The first-order valence-electron chi connectivity index (χ1n) is 10.6. The lowest BCUT2D eigenvalue weighted by molar-refractivity contribution is 0.0828. The Balaban J connectivity index is 0.00000363. The Morgan fingerprint density at radius 1 is 1.12 bits per heavy atom. The van der Waals surface area contributed by atoms with Gasteiger partial charge in [-0.3, -0.25) is 9.69 Å². The lowest BCUT2D eigenvalue weighted by Gasteiger charge is -2.36. The molecule has 9 heteroatoms. The maximum absolute atomic E-state index is 12.3. The average Bonchev–Trinajstić information content (AvgIpc) is 2.81. The molecule has 1 aromatic heterocycles. The summed E-state index contributed by atoms with van der Waals surface area (Å²) in [5.74, 6) is 2.25. The molecule has 0 saturated carbocycles. The molecule has 0 atom stereocenters. The molecule has 0 spiro atoms. The summed E-state index contributed by atoms with van der Waals surface area (Å²) in [5.41, 5.74) is 1.72. The number of amides is 1. The molecule has 3 rings (SSSR count). The number of carbonyl (C=O) groups is 1. The SMILES string of the molecule is COc1ccc(N2CCN(CCCNc3ncccc3C(=O)N(C)C)CC2)c(OC)c1.Cl. The van der Waals surface area contributed by atoms with Crippen molar-refractivity contribution in [2.75, 3.05) is 77.8 Å². The van der Waals surface area contributed by atoms with E-state index in [1.807, 2.05) is 18.2 Å². The molecule has 0 bridgehead atoms. The van der Waals surface area contributed by atoms with Gasteiger partial charge in [-0.05, 0) is 37.2 Å². The van der Waals surface area contributed by atoms with Crippen LogP contribution in [0.5, 0.6) is 11.5 Å². The van der Waals surface area contributed by atoms with Crippen LogP contribution >= 0.6 is 12.4 Å². The first kappa shape index (κ1) is 25.5. The number of benzene rings is 1. The van der Waals surface area contributed by atoms with Crippen molar-refractivity contribution >= 4 is 29.8 Å². The van der Waals surface area contributed by atoms with Crippen molar-refractivity contribution in [2.45, 2.75) is 6.42 Å². The molecular weight excluding hydrogens is 430 g/mol. The topological polar surface area (TPSA) is 70.2 Å². The van der Waals surface area contributed by atoms with Gasteiger partial charge in [-0.25, -0.2) is 4.98 Å². The largest absolute Gasteiger partial charge is 0.497 e. The molecule has 176 valence electrons. The monoisotopic (exact) mass is 463 g/mol. The van der Waals surface area contributed by atoms with Gasteiger partial charge in [-0.1, -0.05) is 0 Å². The molecule has 1 saturated heterocycles. The second-order valence-corrected chi connectivity index (χ2v) is 7.75. The third-order valence-electron chi connectivity index (χ3n) is 5.49. The van der Waals surface area contributed by atoms with Crippen LogP contribution in [0, 0.1) is 0 Å². The van der Waals surface area contributed by atoms with Crippen molar-refractivity contribution in [1.82, 2.24) is 14.8 Å². The number of hydrogen-bond donors (Lipinski definition) is 1. The average molecular weight is 464 g/mol. The molecule has 1 fully saturated rings. The predicted molar refractivity (Wildman–Crippen MR) is 131 cm³/mol. The summed E-state index contributed by atoms with van der Waals surface area (Å²) in [7, 11) is 6.86. The smallest absolute Gasteiger partial charge is 0.257 e. The summed E-state index contributed by atoms with van der Waals surface area (Å²) in [5, 5.41) is 3.33. The maximum Gasteiger partial charge on any atom is 0.257 e. The molecule has 0 aliphatic carbocycles. The molecule has 1 N–H and O–H groups in total. The van der Waals surface area contributed by atoms with E-state index in [1.165, 1.54) is 0 Å². The second-order valence-electron chi connectivity index (χ2n) is 7.75. The Morgan fingerprint density at radius 3 is 2.53 bits per heavy atom. The van der Waals surface area contributed by atoms with Gasteiger partial charge in [-0.15, -0.1) is 12.4 Å². The maximum atomic E-state index is 12.3.